The molecule has 0 aliphatic carbocycles. The maximum Gasteiger partial charge on any atom is 0.573 e. The third-order valence-electron chi connectivity index (χ3n) is 2.92. The molecule has 0 heterocycles. The molecular weight excluding hydrogens is 286 g/mol. The van der Waals surface area contributed by atoms with Crippen molar-refractivity contribution in [2.24, 2.45) is 5.73 Å². The maximum atomic E-state index is 14.0. The second kappa shape index (κ2) is 5.73. The van der Waals surface area contributed by atoms with E-state index in [1.54, 1.807) is 6.92 Å². The van der Waals surface area contributed by atoms with E-state index in [0.29, 0.717) is 5.56 Å². The molecule has 0 fully saturated rings. The number of rotatable bonds is 3. The first-order valence-electron chi connectivity index (χ1n) is 6.18. The third kappa shape index (κ3) is 3.72. The van der Waals surface area contributed by atoms with Crippen molar-refractivity contribution < 1.29 is 22.3 Å². The molecular formula is C15H13F4NO. The second-order valence-electron chi connectivity index (χ2n) is 4.57. The van der Waals surface area contributed by atoms with Crippen LogP contribution in [-0.4, -0.2) is 6.36 Å². The van der Waals surface area contributed by atoms with Crippen molar-refractivity contribution in [2.75, 3.05) is 0 Å². The monoisotopic (exact) mass is 299 g/mol. The smallest absolute Gasteiger partial charge is 0.405 e. The Bertz CT molecular complexity index is 638. The number of ether oxygens (including phenoxy) is 1. The Morgan fingerprint density at radius 1 is 1.05 bits per heavy atom. The van der Waals surface area contributed by atoms with Gasteiger partial charge in [-0.15, -0.1) is 13.2 Å². The molecule has 0 bridgehead atoms. The summed E-state index contributed by atoms with van der Waals surface area (Å²) in [4.78, 5) is 0. The van der Waals surface area contributed by atoms with Gasteiger partial charge in [-0.3, -0.25) is 0 Å². The van der Waals surface area contributed by atoms with E-state index in [1.807, 2.05) is 0 Å². The van der Waals surface area contributed by atoms with E-state index in [1.165, 1.54) is 36.4 Å². The van der Waals surface area contributed by atoms with Gasteiger partial charge in [0.25, 0.3) is 0 Å². The fourth-order valence-corrected chi connectivity index (χ4v) is 1.94. The summed E-state index contributed by atoms with van der Waals surface area (Å²) in [5.74, 6) is -1.09. The Kier molecular flexibility index (Phi) is 4.18. The van der Waals surface area contributed by atoms with Gasteiger partial charge in [0.2, 0.25) is 0 Å². The molecule has 2 aromatic carbocycles. The first kappa shape index (κ1) is 15.3. The Balaban J connectivity index is 2.54. The van der Waals surface area contributed by atoms with Crippen molar-refractivity contribution in [3.63, 3.8) is 0 Å². The van der Waals surface area contributed by atoms with Crippen molar-refractivity contribution in [1.29, 1.82) is 0 Å². The molecule has 2 aromatic rings. The molecule has 0 aliphatic heterocycles. The fraction of sp³-hybridized carbons (Fsp3) is 0.200. The summed E-state index contributed by atoms with van der Waals surface area (Å²) in [6.45, 7) is 1.70. The van der Waals surface area contributed by atoms with Crippen LogP contribution in [0.2, 0.25) is 0 Å². The average Bonchev–Trinajstić information content (AvgIpc) is 2.38. The predicted octanol–water partition coefficient (Wildman–Crippen LogP) is 4.41. The second-order valence-corrected chi connectivity index (χ2v) is 4.57. The minimum absolute atomic E-state index is 0.0182. The molecule has 0 amide bonds. The minimum Gasteiger partial charge on any atom is -0.405 e. The summed E-state index contributed by atoms with van der Waals surface area (Å²) in [5, 5.41) is 0. The molecule has 0 aliphatic rings. The zero-order valence-electron chi connectivity index (χ0n) is 11.1. The maximum absolute atomic E-state index is 14.0. The summed E-state index contributed by atoms with van der Waals surface area (Å²) in [6, 6.07) is 9.15. The molecule has 1 atom stereocenters. The van der Waals surface area contributed by atoms with Crippen LogP contribution in [0.25, 0.3) is 11.1 Å². The number of hydrogen-bond donors (Lipinski definition) is 1. The van der Waals surface area contributed by atoms with Crippen LogP contribution in [0.15, 0.2) is 42.5 Å². The fourth-order valence-electron chi connectivity index (χ4n) is 1.94. The number of hydrogen-bond acceptors (Lipinski definition) is 2. The summed E-state index contributed by atoms with van der Waals surface area (Å²) < 4.78 is 55.1. The first-order valence-corrected chi connectivity index (χ1v) is 6.18. The third-order valence-corrected chi connectivity index (χ3v) is 2.92. The SMILES string of the molecule is CC(N)c1ccc(F)c(-c2ccccc2OC(F)(F)F)c1. The van der Waals surface area contributed by atoms with Gasteiger partial charge in [-0.05, 0) is 30.7 Å². The lowest BCUT2D eigenvalue weighted by molar-refractivity contribution is -0.274. The zero-order chi connectivity index (χ0) is 15.6. The molecule has 0 saturated heterocycles. The Morgan fingerprint density at radius 2 is 1.71 bits per heavy atom. The number of benzene rings is 2. The topological polar surface area (TPSA) is 35.2 Å². The summed E-state index contributed by atoms with van der Waals surface area (Å²) >= 11 is 0. The van der Waals surface area contributed by atoms with Gasteiger partial charge >= 0.3 is 6.36 Å². The van der Waals surface area contributed by atoms with Crippen molar-refractivity contribution in [3.8, 4) is 16.9 Å². The molecule has 0 spiro atoms. The van der Waals surface area contributed by atoms with E-state index in [9.17, 15) is 17.6 Å². The molecule has 0 radical (unpaired) electrons. The number of halogens is 4. The summed E-state index contributed by atoms with van der Waals surface area (Å²) in [7, 11) is 0. The van der Waals surface area contributed by atoms with Crippen LogP contribution in [0.1, 0.15) is 18.5 Å². The van der Waals surface area contributed by atoms with Gasteiger partial charge in [-0.25, -0.2) is 4.39 Å². The van der Waals surface area contributed by atoms with E-state index in [2.05, 4.69) is 4.74 Å². The highest BCUT2D eigenvalue weighted by Gasteiger charge is 2.32. The molecule has 1 unspecified atom stereocenters. The average molecular weight is 299 g/mol. The molecule has 2 rings (SSSR count). The highest BCUT2D eigenvalue weighted by molar-refractivity contribution is 5.71. The Hall–Kier alpha value is -2.08. The summed E-state index contributed by atoms with van der Waals surface area (Å²) in [6.07, 6.45) is -4.84. The number of alkyl halides is 3. The normalized spacial score (nSPS) is 13.0. The molecule has 2 nitrogen and oxygen atoms in total. The van der Waals surface area contributed by atoms with E-state index in [-0.39, 0.29) is 17.2 Å². The van der Waals surface area contributed by atoms with E-state index in [4.69, 9.17) is 5.73 Å². The van der Waals surface area contributed by atoms with Crippen LogP contribution in [0.3, 0.4) is 0 Å². The van der Waals surface area contributed by atoms with Crippen LogP contribution < -0.4 is 10.5 Å². The molecule has 6 heteroatoms. The van der Waals surface area contributed by atoms with E-state index >= 15 is 0 Å². The lowest BCUT2D eigenvalue weighted by Gasteiger charge is -2.15. The highest BCUT2D eigenvalue weighted by Crippen LogP contribution is 2.35. The van der Waals surface area contributed by atoms with Gasteiger partial charge in [0.05, 0.1) is 0 Å². The van der Waals surface area contributed by atoms with Crippen molar-refractivity contribution >= 4 is 0 Å². The van der Waals surface area contributed by atoms with Crippen LogP contribution in [0, 0.1) is 5.82 Å². The Labute approximate surface area is 119 Å². The molecule has 0 aromatic heterocycles. The summed E-state index contributed by atoms with van der Waals surface area (Å²) in [5.41, 5.74) is 6.38. The van der Waals surface area contributed by atoms with Crippen molar-refractivity contribution in [1.82, 2.24) is 0 Å². The largest absolute Gasteiger partial charge is 0.573 e. The Morgan fingerprint density at radius 3 is 2.33 bits per heavy atom. The van der Waals surface area contributed by atoms with Crippen molar-refractivity contribution in [2.45, 2.75) is 19.3 Å². The minimum atomic E-state index is -4.84. The van der Waals surface area contributed by atoms with Gasteiger partial charge < -0.3 is 10.5 Å². The van der Waals surface area contributed by atoms with Crippen LogP contribution in [0.5, 0.6) is 5.75 Å². The number of para-hydroxylation sites is 1. The van der Waals surface area contributed by atoms with Gasteiger partial charge in [0.1, 0.15) is 11.6 Å². The van der Waals surface area contributed by atoms with Gasteiger partial charge in [0.15, 0.2) is 0 Å². The van der Waals surface area contributed by atoms with Crippen LogP contribution in [0.4, 0.5) is 17.6 Å². The standard InChI is InChI=1S/C15H13F4NO/c1-9(20)10-6-7-13(16)12(8-10)11-4-2-3-5-14(11)21-15(17,18)19/h2-9H,20H2,1H3. The quantitative estimate of drug-likeness (QED) is 0.852. The van der Waals surface area contributed by atoms with E-state index in [0.717, 1.165) is 6.07 Å². The van der Waals surface area contributed by atoms with Gasteiger partial charge in [-0.1, -0.05) is 24.3 Å². The molecule has 2 N–H and O–H groups in total. The van der Waals surface area contributed by atoms with Crippen LogP contribution in [-0.2, 0) is 0 Å². The predicted molar refractivity (Wildman–Crippen MR) is 71.1 cm³/mol. The van der Waals surface area contributed by atoms with Crippen molar-refractivity contribution in [3.05, 3.63) is 53.8 Å². The number of nitrogens with two attached hydrogens (primary N) is 1. The molecule has 112 valence electrons. The first-order chi connectivity index (χ1) is 9.78. The highest BCUT2D eigenvalue weighted by atomic mass is 19.4. The van der Waals surface area contributed by atoms with Gasteiger partial charge in [0, 0.05) is 17.2 Å². The van der Waals surface area contributed by atoms with Crippen LogP contribution >= 0.6 is 0 Å². The van der Waals surface area contributed by atoms with Gasteiger partial charge in [-0.2, -0.15) is 0 Å². The zero-order valence-corrected chi connectivity index (χ0v) is 11.1. The molecule has 21 heavy (non-hydrogen) atoms. The lowest BCUT2D eigenvalue weighted by atomic mass is 9.99. The van der Waals surface area contributed by atoms with E-state index < -0.39 is 17.9 Å². The molecule has 0 saturated carbocycles. The lowest BCUT2D eigenvalue weighted by Crippen LogP contribution is -2.17.